The summed E-state index contributed by atoms with van der Waals surface area (Å²) in [7, 11) is 0. The first kappa shape index (κ1) is 15.0. The van der Waals surface area contributed by atoms with E-state index in [-0.39, 0.29) is 23.3 Å². The smallest absolute Gasteiger partial charge is 0.282 e. The average molecular weight is 291 g/mol. The number of nitro groups is 1. The second-order valence-electron chi connectivity index (χ2n) is 5.08. The van der Waals surface area contributed by atoms with E-state index in [2.05, 4.69) is 10.6 Å². The van der Waals surface area contributed by atoms with Crippen molar-refractivity contribution in [3.63, 3.8) is 0 Å². The van der Waals surface area contributed by atoms with Gasteiger partial charge in [0.1, 0.15) is 5.56 Å². The van der Waals surface area contributed by atoms with Crippen molar-refractivity contribution in [3.8, 4) is 0 Å². The second kappa shape index (κ2) is 6.83. The van der Waals surface area contributed by atoms with Crippen molar-refractivity contribution in [2.45, 2.75) is 37.8 Å². The van der Waals surface area contributed by atoms with Crippen molar-refractivity contribution in [2.75, 3.05) is 0 Å². The first-order valence-electron chi connectivity index (χ1n) is 6.85. The molecule has 1 aliphatic carbocycles. The minimum absolute atomic E-state index is 0.0120. The number of amides is 2. The Labute approximate surface area is 121 Å². The molecule has 0 atom stereocenters. The van der Waals surface area contributed by atoms with E-state index in [4.69, 9.17) is 0 Å². The molecule has 1 aliphatic rings. The molecular weight excluding hydrogens is 274 g/mol. The molecule has 0 saturated heterocycles. The van der Waals surface area contributed by atoms with Crippen LogP contribution in [0.3, 0.4) is 0 Å². The molecule has 0 aromatic heterocycles. The molecule has 112 valence electrons. The van der Waals surface area contributed by atoms with Crippen LogP contribution in [0.25, 0.3) is 0 Å². The molecule has 2 N–H and O–H groups in total. The first-order valence-corrected chi connectivity index (χ1v) is 6.85. The Morgan fingerprint density at radius 3 is 2.43 bits per heavy atom. The molecule has 0 radical (unpaired) electrons. The highest BCUT2D eigenvalue weighted by Gasteiger charge is 2.25. The van der Waals surface area contributed by atoms with E-state index in [1.165, 1.54) is 18.2 Å². The molecule has 21 heavy (non-hydrogen) atoms. The van der Waals surface area contributed by atoms with Crippen LogP contribution in [0.5, 0.6) is 0 Å². The molecule has 1 fully saturated rings. The first-order chi connectivity index (χ1) is 10.1. The van der Waals surface area contributed by atoms with Crippen molar-refractivity contribution in [1.29, 1.82) is 0 Å². The lowest BCUT2D eigenvalue weighted by Crippen LogP contribution is -2.42. The van der Waals surface area contributed by atoms with Gasteiger partial charge in [-0.2, -0.15) is 0 Å². The number of benzene rings is 1. The predicted molar refractivity (Wildman–Crippen MR) is 75.8 cm³/mol. The maximum Gasteiger partial charge on any atom is 0.282 e. The van der Waals surface area contributed by atoms with E-state index in [0.717, 1.165) is 25.7 Å². The number of carbonyl (C=O) groups excluding carboxylic acids is 2. The summed E-state index contributed by atoms with van der Waals surface area (Å²) in [6.45, 7) is 0. The summed E-state index contributed by atoms with van der Waals surface area (Å²) in [6.07, 6.45) is 3.77. The van der Waals surface area contributed by atoms with Crippen LogP contribution in [0, 0.1) is 10.1 Å². The summed E-state index contributed by atoms with van der Waals surface area (Å²) in [6, 6.07) is 6.05. The molecule has 2 amide bonds. The highest BCUT2D eigenvalue weighted by molar-refractivity contribution is 5.98. The van der Waals surface area contributed by atoms with Crippen LogP contribution in [0.2, 0.25) is 0 Å². The lowest BCUT2D eigenvalue weighted by Gasteiger charge is -2.28. The van der Waals surface area contributed by atoms with Crippen LogP contribution in [0.15, 0.2) is 24.3 Å². The van der Waals surface area contributed by atoms with E-state index in [9.17, 15) is 19.7 Å². The van der Waals surface area contributed by atoms with Gasteiger partial charge in [0.15, 0.2) is 0 Å². The monoisotopic (exact) mass is 291 g/mol. The van der Waals surface area contributed by atoms with Gasteiger partial charge in [-0.1, -0.05) is 12.1 Å². The Kier molecular flexibility index (Phi) is 4.86. The Hall–Kier alpha value is -2.44. The molecule has 0 heterocycles. The Morgan fingerprint density at radius 2 is 1.81 bits per heavy atom. The summed E-state index contributed by atoms with van der Waals surface area (Å²) in [5, 5.41) is 16.5. The third-order valence-electron chi connectivity index (χ3n) is 3.71. The van der Waals surface area contributed by atoms with Gasteiger partial charge in [-0.3, -0.25) is 19.7 Å². The molecule has 2 rings (SSSR count). The van der Waals surface area contributed by atoms with Crippen LogP contribution in [0.4, 0.5) is 5.69 Å². The molecule has 0 spiro atoms. The van der Waals surface area contributed by atoms with Crippen LogP contribution in [0.1, 0.15) is 36.0 Å². The lowest BCUT2D eigenvalue weighted by atomic mass is 9.91. The number of carbonyl (C=O) groups is 2. The zero-order valence-corrected chi connectivity index (χ0v) is 11.5. The van der Waals surface area contributed by atoms with Gasteiger partial charge in [0, 0.05) is 18.2 Å². The fraction of sp³-hybridized carbons (Fsp3) is 0.429. The van der Waals surface area contributed by atoms with Crippen molar-refractivity contribution in [3.05, 3.63) is 39.9 Å². The number of nitrogens with zero attached hydrogens (tertiary/aromatic N) is 1. The molecular formula is C14H17N3O4. The maximum absolute atomic E-state index is 12.2. The third-order valence-corrected chi connectivity index (χ3v) is 3.71. The van der Waals surface area contributed by atoms with Crippen molar-refractivity contribution in [1.82, 2.24) is 10.6 Å². The van der Waals surface area contributed by atoms with Gasteiger partial charge < -0.3 is 10.6 Å². The average Bonchev–Trinajstić information content (AvgIpc) is 2.49. The fourth-order valence-corrected chi connectivity index (χ4v) is 2.59. The second-order valence-corrected chi connectivity index (χ2v) is 5.08. The summed E-state index contributed by atoms with van der Waals surface area (Å²) in [5.74, 6) is -0.422. The minimum Gasteiger partial charge on any atom is -0.356 e. The van der Waals surface area contributed by atoms with Crippen molar-refractivity contribution in [2.24, 2.45) is 0 Å². The van der Waals surface area contributed by atoms with Gasteiger partial charge in [-0.15, -0.1) is 0 Å². The molecule has 7 heteroatoms. The number of rotatable bonds is 5. The SMILES string of the molecule is O=CN[C@H]1CC[C@@H](NC(=O)c2ccccc2[N+](=O)[O-])CC1. The Morgan fingerprint density at radius 1 is 1.19 bits per heavy atom. The van der Waals surface area contributed by atoms with Crippen LogP contribution in [-0.2, 0) is 4.79 Å². The highest BCUT2D eigenvalue weighted by Crippen LogP contribution is 2.21. The largest absolute Gasteiger partial charge is 0.356 e. The normalized spacial score (nSPS) is 21.3. The molecule has 0 unspecified atom stereocenters. The van der Waals surface area contributed by atoms with E-state index in [0.29, 0.717) is 6.41 Å². The highest BCUT2D eigenvalue weighted by atomic mass is 16.6. The van der Waals surface area contributed by atoms with E-state index < -0.39 is 10.8 Å². The lowest BCUT2D eigenvalue weighted by molar-refractivity contribution is -0.385. The topological polar surface area (TPSA) is 101 Å². The Balaban J connectivity index is 1.97. The quantitative estimate of drug-likeness (QED) is 0.486. The van der Waals surface area contributed by atoms with E-state index >= 15 is 0 Å². The molecule has 7 nitrogen and oxygen atoms in total. The summed E-state index contributed by atoms with van der Waals surface area (Å²) < 4.78 is 0. The van der Waals surface area contributed by atoms with Crippen LogP contribution in [-0.4, -0.2) is 29.3 Å². The van der Waals surface area contributed by atoms with Gasteiger partial charge >= 0.3 is 0 Å². The van der Waals surface area contributed by atoms with Crippen molar-refractivity contribution >= 4 is 18.0 Å². The number of para-hydroxylation sites is 1. The summed E-state index contributed by atoms with van der Waals surface area (Å²) in [4.78, 5) is 32.9. The van der Waals surface area contributed by atoms with Gasteiger partial charge in [0.2, 0.25) is 6.41 Å². The Bertz CT molecular complexity index is 539. The zero-order chi connectivity index (χ0) is 15.2. The number of nitrogens with one attached hydrogen (secondary N) is 2. The van der Waals surface area contributed by atoms with E-state index in [1.54, 1.807) is 6.07 Å². The number of hydrogen-bond donors (Lipinski definition) is 2. The predicted octanol–water partition coefficient (Wildman–Crippen LogP) is 1.38. The number of hydrogen-bond acceptors (Lipinski definition) is 4. The van der Waals surface area contributed by atoms with Crippen LogP contribution >= 0.6 is 0 Å². The minimum atomic E-state index is -0.556. The summed E-state index contributed by atoms with van der Waals surface area (Å²) in [5.41, 5.74) is -0.109. The number of nitro benzene ring substituents is 1. The molecule has 1 saturated carbocycles. The van der Waals surface area contributed by atoms with Gasteiger partial charge in [0.05, 0.1) is 4.92 Å². The molecule has 0 aliphatic heterocycles. The standard InChI is InChI=1S/C14H17N3O4/c18-9-15-10-5-7-11(8-6-10)16-14(19)12-3-1-2-4-13(12)17(20)21/h1-4,9-11H,5-8H2,(H,15,18)(H,16,19)/t10-,11+. The third kappa shape index (κ3) is 3.77. The van der Waals surface area contributed by atoms with E-state index in [1.807, 2.05) is 0 Å². The van der Waals surface area contributed by atoms with Gasteiger partial charge in [-0.25, -0.2) is 0 Å². The van der Waals surface area contributed by atoms with Gasteiger partial charge in [0.25, 0.3) is 11.6 Å². The van der Waals surface area contributed by atoms with Crippen LogP contribution < -0.4 is 10.6 Å². The molecule has 1 aromatic rings. The zero-order valence-electron chi connectivity index (χ0n) is 11.5. The summed E-state index contributed by atoms with van der Waals surface area (Å²) >= 11 is 0. The van der Waals surface area contributed by atoms with Gasteiger partial charge in [-0.05, 0) is 31.7 Å². The van der Waals surface area contributed by atoms with Crippen molar-refractivity contribution < 1.29 is 14.5 Å². The molecule has 0 bridgehead atoms. The maximum atomic E-state index is 12.2. The molecule has 1 aromatic carbocycles. The fourth-order valence-electron chi connectivity index (χ4n) is 2.59.